The first-order valence-corrected chi connectivity index (χ1v) is 8.61. The molecule has 0 radical (unpaired) electrons. The Labute approximate surface area is 147 Å². The Morgan fingerprint density at radius 3 is 2.72 bits per heavy atom. The number of fused-ring (bicyclic) bond motifs is 1. The first-order chi connectivity index (χ1) is 12.2. The minimum atomic E-state index is -0.489. The highest BCUT2D eigenvalue weighted by molar-refractivity contribution is 7.13. The van der Waals surface area contributed by atoms with Gasteiger partial charge >= 0.3 is 5.97 Å². The second kappa shape index (κ2) is 6.49. The van der Waals surface area contributed by atoms with Crippen molar-refractivity contribution < 1.29 is 13.9 Å². The van der Waals surface area contributed by atoms with Crippen LogP contribution in [0.4, 0.5) is 0 Å². The van der Waals surface area contributed by atoms with Gasteiger partial charge in [0.25, 0.3) is 0 Å². The fourth-order valence-electron chi connectivity index (χ4n) is 2.38. The molecule has 0 bridgehead atoms. The van der Waals surface area contributed by atoms with Crippen molar-refractivity contribution in [2.45, 2.75) is 13.5 Å². The van der Waals surface area contributed by atoms with Gasteiger partial charge in [-0.05, 0) is 19.1 Å². The minimum Gasteiger partial charge on any atom is -0.451 e. The van der Waals surface area contributed by atoms with Gasteiger partial charge in [-0.3, -0.25) is 0 Å². The number of rotatable bonds is 4. The lowest BCUT2D eigenvalue weighted by atomic mass is 10.2. The molecule has 0 N–H and O–H groups in total. The molecule has 4 rings (SSSR count). The lowest BCUT2D eigenvalue weighted by Crippen LogP contribution is -2.05. The van der Waals surface area contributed by atoms with Gasteiger partial charge in [0.1, 0.15) is 10.5 Å². The van der Waals surface area contributed by atoms with Gasteiger partial charge in [0, 0.05) is 10.9 Å². The third-order valence-corrected chi connectivity index (χ3v) is 4.57. The molecule has 0 aliphatic carbocycles. The monoisotopic (exact) mass is 350 g/mol. The van der Waals surface area contributed by atoms with Gasteiger partial charge in [-0.1, -0.05) is 42.0 Å². The van der Waals surface area contributed by atoms with Crippen LogP contribution in [0.2, 0.25) is 0 Å². The zero-order valence-corrected chi connectivity index (χ0v) is 14.2. The summed E-state index contributed by atoms with van der Waals surface area (Å²) in [7, 11) is 0. The molecule has 124 valence electrons. The fourth-order valence-corrected chi connectivity index (χ4v) is 3.17. The largest absolute Gasteiger partial charge is 0.451 e. The maximum atomic E-state index is 12.2. The first kappa shape index (κ1) is 15.5. The van der Waals surface area contributed by atoms with E-state index >= 15 is 0 Å². The summed E-state index contributed by atoms with van der Waals surface area (Å²) in [6, 6.07) is 15.4. The molecular formula is C19H14N2O3S. The molecule has 25 heavy (non-hydrogen) atoms. The molecular weight excluding hydrogens is 336 g/mol. The van der Waals surface area contributed by atoms with E-state index in [1.165, 1.54) is 16.9 Å². The van der Waals surface area contributed by atoms with Crippen LogP contribution in [0, 0.1) is 6.92 Å². The molecule has 2 aromatic carbocycles. The summed E-state index contributed by atoms with van der Waals surface area (Å²) in [6.45, 7) is 2.01. The standard InChI is InChI=1S/C19H14N2O3S/c1-12-6-8-13(9-7-12)18-21-15(11-25-18)19(22)23-10-17-20-14-4-2-3-5-16(14)24-17/h2-9,11H,10H2,1H3. The summed E-state index contributed by atoms with van der Waals surface area (Å²) in [6.07, 6.45) is 0. The number of carbonyl (C=O) groups is 1. The van der Waals surface area contributed by atoms with E-state index in [0.717, 1.165) is 16.1 Å². The zero-order valence-electron chi connectivity index (χ0n) is 13.4. The predicted molar refractivity (Wildman–Crippen MR) is 95.4 cm³/mol. The van der Waals surface area contributed by atoms with Gasteiger partial charge in [0.15, 0.2) is 17.9 Å². The van der Waals surface area contributed by atoms with Crippen molar-refractivity contribution >= 4 is 28.4 Å². The molecule has 2 heterocycles. The summed E-state index contributed by atoms with van der Waals surface area (Å²) in [4.78, 5) is 20.8. The normalized spacial score (nSPS) is 10.9. The molecule has 0 amide bonds. The number of oxazole rings is 1. The average Bonchev–Trinajstić information content (AvgIpc) is 3.27. The zero-order chi connectivity index (χ0) is 17.2. The molecule has 0 aliphatic heterocycles. The van der Waals surface area contributed by atoms with Gasteiger partial charge in [-0.15, -0.1) is 11.3 Å². The third-order valence-electron chi connectivity index (χ3n) is 3.68. The van der Waals surface area contributed by atoms with E-state index in [9.17, 15) is 4.79 Å². The number of carbonyl (C=O) groups excluding carboxylic acids is 1. The highest BCUT2D eigenvalue weighted by Gasteiger charge is 2.15. The van der Waals surface area contributed by atoms with Gasteiger partial charge in [-0.25, -0.2) is 14.8 Å². The van der Waals surface area contributed by atoms with Crippen LogP contribution in [-0.4, -0.2) is 15.9 Å². The van der Waals surface area contributed by atoms with Crippen molar-refractivity contribution in [3.63, 3.8) is 0 Å². The molecule has 0 saturated heterocycles. The maximum Gasteiger partial charge on any atom is 0.358 e. The van der Waals surface area contributed by atoms with E-state index in [2.05, 4.69) is 9.97 Å². The summed E-state index contributed by atoms with van der Waals surface area (Å²) in [5.74, 6) is -0.125. The molecule has 0 unspecified atom stereocenters. The van der Waals surface area contributed by atoms with E-state index in [4.69, 9.17) is 9.15 Å². The van der Waals surface area contributed by atoms with Crippen LogP contribution in [0.5, 0.6) is 0 Å². The Hall–Kier alpha value is -2.99. The molecule has 0 fully saturated rings. The molecule has 4 aromatic rings. The van der Waals surface area contributed by atoms with Crippen LogP contribution < -0.4 is 0 Å². The Kier molecular flexibility index (Phi) is 4.03. The number of aryl methyl sites for hydroxylation is 1. The molecule has 0 spiro atoms. The maximum absolute atomic E-state index is 12.2. The number of aromatic nitrogens is 2. The van der Waals surface area contributed by atoms with Gasteiger partial charge in [0.2, 0.25) is 5.89 Å². The second-order valence-electron chi connectivity index (χ2n) is 5.56. The molecule has 0 aliphatic rings. The minimum absolute atomic E-state index is 0.0229. The van der Waals surface area contributed by atoms with Crippen LogP contribution >= 0.6 is 11.3 Å². The summed E-state index contributed by atoms with van der Waals surface area (Å²) >= 11 is 1.41. The third kappa shape index (κ3) is 3.29. The van der Waals surface area contributed by atoms with Crippen molar-refractivity contribution in [3.8, 4) is 10.6 Å². The molecule has 0 saturated carbocycles. The van der Waals surface area contributed by atoms with Crippen LogP contribution in [0.15, 0.2) is 58.3 Å². The molecule has 2 aromatic heterocycles. The Morgan fingerprint density at radius 1 is 1.12 bits per heavy atom. The second-order valence-corrected chi connectivity index (χ2v) is 6.41. The molecule has 0 atom stereocenters. The number of esters is 1. The van der Waals surface area contributed by atoms with E-state index in [-0.39, 0.29) is 12.3 Å². The number of ether oxygens (including phenoxy) is 1. The van der Waals surface area contributed by atoms with Gasteiger partial charge < -0.3 is 9.15 Å². The highest BCUT2D eigenvalue weighted by Crippen LogP contribution is 2.24. The molecule has 5 nitrogen and oxygen atoms in total. The van der Waals surface area contributed by atoms with E-state index in [1.54, 1.807) is 5.38 Å². The Morgan fingerprint density at radius 2 is 1.92 bits per heavy atom. The summed E-state index contributed by atoms with van der Waals surface area (Å²) in [5, 5.41) is 2.48. The highest BCUT2D eigenvalue weighted by atomic mass is 32.1. The summed E-state index contributed by atoms with van der Waals surface area (Å²) in [5.41, 5.74) is 3.86. The van der Waals surface area contributed by atoms with Crippen molar-refractivity contribution in [1.29, 1.82) is 0 Å². The first-order valence-electron chi connectivity index (χ1n) is 7.73. The number of hydrogen-bond donors (Lipinski definition) is 0. The predicted octanol–water partition coefficient (Wildman–Crippen LogP) is 4.62. The SMILES string of the molecule is Cc1ccc(-c2nc(C(=O)OCc3nc4ccccc4o3)cs2)cc1. The average molecular weight is 350 g/mol. The number of benzene rings is 2. The Bertz CT molecular complexity index is 1000. The van der Waals surface area contributed by atoms with E-state index in [0.29, 0.717) is 11.5 Å². The van der Waals surface area contributed by atoms with Crippen molar-refractivity contribution in [2.75, 3.05) is 0 Å². The van der Waals surface area contributed by atoms with Crippen molar-refractivity contribution in [3.05, 3.63) is 71.1 Å². The van der Waals surface area contributed by atoms with Crippen molar-refractivity contribution in [2.24, 2.45) is 0 Å². The Balaban J connectivity index is 1.45. The lowest BCUT2D eigenvalue weighted by Gasteiger charge is -1.99. The number of para-hydroxylation sites is 2. The van der Waals surface area contributed by atoms with E-state index in [1.807, 2.05) is 55.5 Å². The van der Waals surface area contributed by atoms with E-state index < -0.39 is 5.97 Å². The van der Waals surface area contributed by atoms with Gasteiger partial charge in [-0.2, -0.15) is 0 Å². The summed E-state index contributed by atoms with van der Waals surface area (Å²) < 4.78 is 10.8. The van der Waals surface area contributed by atoms with Crippen LogP contribution in [-0.2, 0) is 11.3 Å². The topological polar surface area (TPSA) is 65.2 Å². The quantitative estimate of drug-likeness (QED) is 0.503. The van der Waals surface area contributed by atoms with Crippen LogP contribution in [0.25, 0.3) is 21.7 Å². The number of thiazole rings is 1. The van der Waals surface area contributed by atoms with Crippen molar-refractivity contribution in [1.82, 2.24) is 9.97 Å². The van der Waals surface area contributed by atoms with Crippen LogP contribution in [0.1, 0.15) is 21.9 Å². The van der Waals surface area contributed by atoms with Crippen LogP contribution in [0.3, 0.4) is 0 Å². The molecule has 6 heteroatoms. The number of hydrogen-bond acceptors (Lipinski definition) is 6. The number of nitrogens with zero attached hydrogens (tertiary/aromatic N) is 2. The fraction of sp³-hybridized carbons (Fsp3) is 0.105. The van der Waals surface area contributed by atoms with Gasteiger partial charge in [0.05, 0.1) is 0 Å². The smallest absolute Gasteiger partial charge is 0.358 e. The lowest BCUT2D eigenvalue weighted by molar-refractivity contribution is 0.0434.